The molecule has 112 valence electrons. The predicted octanol–water partition coefficient (Wildman–Crippen LogP) is 2.80. The van der Waals surface area contributed by atoms with E-state index >= 15 is 0 Å². The van der Waals surface area contributed by atoms with Crippen LogP contribution in [0.15, 0.2) is 6.07 Å². The summed E-state index contributed by atoms with van der Waals surface area (Å²) in [6.45, 7) is 7.50. The average molecular weight is 285 g/mol. The smallest absolute Gasteiger partial charge is 0.168 e. The van der Waals surface area contributed by atoms with E-state index in [0.717, 1.165) is 12.5 Å². The Morgan fingerprint density at radius 2 is 2.15 bits per heavy atom. The summed E-state index contributed by atoms with van der Waals surface area (Å²) in [6.07, 6.45) is 0.850. The molecule has 1 saturated heterocycles. The van der Waals surface area contributed by atoms with E-state index in [1.165, 1.54) is 0 Å². The second kappa shape index (κ2) is 6.35. The molecule has 0 aliphatic carbocycles. The molecule has 0 amide bonds. The topological polar surface area (TPSA) is 37.4 Å². The van der Waals surface area contributed by atoms with E-state index in [1.807, 2.05) is 25.7 Å². The molecular formula is C14H21F2N3O. The van der Waals surface area contributed by atoms with Gasteiger partial charge in [-0.3, -0.25) is 0 Å². The van der Waals surface area contributed by atoms with Gasteiger partial charge >= 0.3 is 0 Å². The molecule has 1 aromatic heterocycles. The number of halogens is 2. The van der Waals surface area contributed by atoms with Gasteiger partial charge < -0.3 is 15.0 Å². The van der Waals surface area contributed by atoms with Gasteiger partial charge in [-0.1, -0.05) is 6.92 Å². The van der Waals surface area contributed by atoms with Crippen LogP contribution in [0.1, 0.15) is 27.2 Å². The zero-order chi connectivity index (χ0) is 14.7. The van der Waals surface area contributed by atoms with Crippen LogP contribution in [-0.4, -0.2) is 36.8 Å². The molecule has 20 heavy (non-hydrogen) atoms. The highest BCUT2D eigenvalue weighted by Crippen LogP contribution is 2.26. The third kappa shape index (κ3) is 3.17. The number of hydrogen-bond acceptors (Lipinski definition) is 4. The Balaban J connectivity index is 2.29. The molecule has 0 spiro atoms. The molecule has 2 rings (SSSR count). The first-order valence-electron chi connectivity index (χ1n) is 7.01. The molecule has 1 fully saturated rings. The Morgan fingerprint density at radius 1 is 1.40 bits per heavy atom. The van der Waals surface area contributed by atoms with Gasteiger partial charge in [0.15, 0.2) is 23.3 Å². The summed E-state index contributed by atoms with van der Waals surface area (Å²) in [5.74, 6) is -0.999. The lowest BCUT2D eigenvalue weighted by atomic mass is 10.2. The van der Waals surface area contributed by atoms with Crippen molar-refractivity contribution in [3.8, 4) is 0 Å². The van der Waals surface area contributed by atoms with Crippen LogP contribution in [0.2, 0.25) is 0 Å². The van der Waals surface area contributed by atoms with Crippen molar-refractivity contribution in [1.29, 1.82) is 0 Å². The normalized spacial score (nSPS) is 22.9. The zero-order valence-electron chi connectivity index (χ0n) is 12.1. The fourth-order valence-corrected chi connectivity index (χ4v) is 2.22. The Hall–Kier alpha value is -1.43. The minimum Gasteiger partial charge on any atom is -0.375 e. The number of morpholine rings is 1. The SMILES string of the molecule is CCCNc1nc(N2CC(C)OCC2C)c(F)cc1F. The van der Waals surface area contributed by atoms with Gasteiger partial charge in [0.05, 0.1) is 18.8 Å². The molecule has 1 N–H and O–H groups in total. The molecule has 0 aromatic carbocycles. The molecule has 6 heteroatoms. The number of rotatable bonds is 4. The molecule has 2 unspecified atom stereocenters. The van der Waals surface area contributed by atoms with E-state index in [-0.39, 0.29) is 23.8 Å². The lowest BCUT2D eigenvalue weighted by Gasteiger charge is -2.37. The summed E-state index contributed by atoms with van der Waals surface area (Å²) in [7, 11) is 0. The lowest BCUT2D eigenvalue weighted by molar-refractivity contribution is 0.0337. The Bertz CT molecular complexity index is 470. The van der Waals surface area contributed by atoms with E-state index in [4.69, 9.17) is 4.74 Å². The predicted molar refractivity (Wildman–Crippen MR) is 75.2 cm³/mol. The maximum absolute atomic E-state index is 14.0. The monoisotopic (exact) mass is 285 g/mol. The summed E-state index contributed by atoms with van der Waals surface area (Å²) >= 11 is 0. The van der Waals surface area contributed by atoms with Crippen molar-refractivity contribution < 1.29 is 13.5 Å². The number of nitrogens with zero attached hydrogens (tertiary/aromatic N) is 2. The maximum atomic E-state index is 14.0. The summed E-state index contributed by atoms with van der Waals surface area (Å²) < 4.78 is 33.2. The average Bonchev–Trinajstić information content (AvgIpc) is 2.41. The molecule has 2 heterocycles. The first kappa shape index (κ1) is 15.0. The molecule has 0 bridgehead atoms. The Labute approximate surface area is 118 Å². The Morgan fingerprint density at radius 3 is 2.85 bits per heavy atom. The molecule has 4 nitrogen and oxygen atoms in total. The van der Waals surface area contributed by atoms with E-state index in [2.05, 4.69) is 10.3 Å². The van der Waals surface area contributed by atoms with Crippen molar-refractivity contribution in [2.24, 2.45) is 0 Å². The number of anilines is 2. The summed E-state index contributed by atoms with van der Waals surface area (Å²) in [6, 6.07) is 0.908. The first-order chi connectivity index (χ1) is 9.52. The largest absolute Gasteiger partial charge is 0.375 e. The van der Waals surface area contributed by atoms with E-state index in [9.17, 15) is 8.78 Å². The van der Waals surface area contributed by atoms with Gasteiger partial charge in [0.1, 0.15) is 0 Å². The molecule has 0 radical (unpaired) electrons. The molecule has 1 aliphatic heterocycles. The van der Waals surface area contributed by atoms with Crippen molar-refractivity contribution in [3.63, 3.8) is 0 Å². The van der Waals surface area contributed by atoms with Crippen molar-refractivity contribution in [1.82, 2.24) is 4.98 Å². The number of nitrogens with one attached hydrogen (secondary N) is 1. The van der Waals surface area contributed by atoms with Crippen molar-refractivity contribution in [2.75, 3.05) is 29.9 Å². The van der Waals surface area contributed by atoms with Crippen LogP contribution in [0.25, 0.3) is 0 Å². The second-order valence-electron chi connectivity index (χ2n) is 5.20. The van der Waals surface area contributed by atoms with Gasteiger partial charge in [0.2, 0.25) is 0 Å². The quantitative estimate of drug-likeness (QED) is 0.923. The first-order valence-corrected chi connectivity index (χ1v) is 7.01. The summed E-state index contributed by atoms with van der Waals surface area (Å²) in [5.41, 5.74) is 0. The minimum absolute atomic E-state index is 0.00417. The fraction of sp³-hybridized carbons (Fsp3) is 0.643. The van der Waals surface area contributed by atoms with Crippen LogP contribution in [0.3, 0.4) is 0 Å². The Kier molecular flexibility index (Phi) is 4.75. The van der Waals surface area contributed by atoms with Crippen LogP contribution in [-0.2, 0) is 4.74 Å². The van der Waals surface area contributed by atoms with Crippen LogP contribution < -0.4 is 10.2 Å². The minimum atomic E-state index is -0.659. The molecule has 2 atom stereocenters. The maximum Gasteiger partial charge on any atom is 0.168 e. The van der Waals surface area contributed by atoms with Gasteiger partial charge in [-0.25, -0.2) is 13.8 Å². The van der Waals surface area contributed by atoms with E-state index in [0.29, 0.717) is 19.7 Å². The number of aromatic nitrogens is 1. The standard InChI is InChI=1S/C14H21F2N3O/c1-4-5-17-13-11(15)6-12(16)14(18-13)19-7-10(3)20-8-9(19)2/h6,9-10H,4-5,7-8H2,1-3H3,(H,17,18). The molecule has 1 aromatic rings. The zero-order valence-corrected chi connectivity index (χ0v) is 12.1. The third-order valence-electron chi connectivity index (χ3n) is 3.33. The van der Waals surface area contributed by atoms with E-state index in [1.54, 1.807) is 0 Å². The van der Waals surface area contributed by atoms with Crippen molar-refractivity contribution in [3.05, 3.63) is 17.7 Å². The van der Waals surface area contributed by atoms with Crippen LogP contribution in [0.5, 0.6) is 0 Å². The van der Waals surface area contributed by atoms with Gasteiger partial charge in [-0.15, -0.1) is 0 Å². The van der Waals surface area contributed by atoms with E-state index < -0.39 is 11.6 Å². The van der Waals surface area contributed by atoms with Gasteiger partial charge in [0, 0.05) is 19.2 Å². The number of ether oxygens (including phenoxy) is 1. The van der Waals surface area contributed by atoms with Gasteiger partial charge in [-0.05, 0) is 20.3 Å². The van der Waals surface area contributed by atoms with Crippen molar-refractivity contribution in [2.45, 2.75) is 39.3 Å². The fourth-order valence-electron chi connectivity index (χ4n) is 2.22. The highest BCUT2D eigenvalue weighted by molar-refractivity contribution is 5.50. The van der Waals surface area contributed by atoms with Crippen molar-refractivity contribution >= 4 is 11.6 Å². The summed E-state index contributed by atoms with van der Waals surface area (Å²) in [5, 5.41) is 2.88. The third-order valence-corrected chi connectivity index (χ3v) is 3.33. The lowest BCUT2D eigenvalue weighted by Crippen LogP contribution is -2.48. The highest BCUT2D eigenvalue weighted by Gasteiger charge is 2.27. The highest BCUT2D eigenvalue weighted by atomic mass is 19.1. The van der Waals surface area contributed by atoms with Crippen LogP contribution in [0.4, 0.5) is 20.4 Å². The second-order valence-corrected chi connectivity index (χ2v) is 5.20. The number of pyridine rings is 1. The van der Waals surface area contributed by atoms with Crippen LogP contribution in [0, 0.1) is 11.6 Å². The molecular weight excluding hydrogens is 264 g/mol. The summed E-state index contributed by atoms with van der Waals surface area (Å²) in [4.78, 5) is 5.96. The number of hydrogen-bond donors (Lipinski definition) is 1. The van der Waals surface area contributed by atoms with Crippen LogP contribution >= 0.6 is 0 Å². The van der Waals surface area contributed by atoms with Gasteiger partial charge in [0.25, 0.3) is 0 Å². The molecule has 1 aliphatic rings. The molecule has 0 saturated carbocycles. The van der Waals surface area contributed by atoms with Gasteiger partial charge in [-0.2, -0.15) is 0 Å².